The number of imidazole rings is 1. The number of benzene rings is 4. The largest absolute Gasteiger partial charge is 0.481 e. The Balaban J connectivity index is 1.55. The van der Waals surface area contributed by atoms with E-state index >= 15 is 0 Å². The maximum absolute atomic E-state index is 6.04. The number of nitrogens with one attached hydrogen (secondary N) is 1. The predicted octanol–water partition coefficient (Wildman–Crippen LogP) is 5.24. The van der Waals surface area contributed by atoms with Gasteiger partial charge in [-0.25, -0.2) is 9.55 Å². The molecule has 0 saturated carbocycles. The van der Waals surface area contributed by atoms with Gasteiger partial charge in [-0.1, -0.05) is 72.8 Å². The quantitative estimate of drug-likeness (QED) is 0.424. The van der Waals surface area contributed by atoms with Crippen molar-refractivity contribution in [2.24, 2.45) is 0 Å². The standard InChI is InChI=1S/C25H20N2O/c1-2-12-21(13-3-1)28-18-25-26-23-15-6-7-16-24(23)27(25)17-20-11-8-10-19-9-4-5-14-22(19)20/h1-16H,17-18H2/p+1. The lowest BCUT2D eigenvalue weighted by atomic mass is 10.0. The highest BCUT2D eigenvalue weighted by atomic mass is 16.5. The van der Waals surface area contributed by atoms with Gasteiger partial charge in [-0.2, -0.15) is 0 Å². The molecule has 4 aromatic carbocycles. The molecular formula is C25H21N2O+. The highest BCUT2D eigenvalue weighted by Gasteiger charge is 2.19. The fourth-order valence-electron chi connectivity index (χ4n) is 3.75. The van der Waals surface area contributed by atoms with Crippen LogP contribution in [0.3, 0.4) is 0 Å². The van der Waals surface area contributed by atoms with Crippen LogP contribution in [-0.2, 0) is 13.2 Å². The van der Waals surface area contributed by atoms with Crippen molar-refractivity contribution in [2.75, 3.05) is 0 Å². The molecule has 0 aliphatic carbocycles. The number of fused-ring (bicyclic) bond motifs is 2. The maximum atomic E-state index is 6.04. The Kier molecular flexibility index (Phi) is 4.26. The van der Waals surface area contributed by atoms with E-state index in [4.69, 9.17) is 4.74 Å². The van der Waals surface area contributed by atoms with Gasteiger partial charge in [-0.3, -0.25) is 0 Å². The minimum atomic E-state index is 0.490. The van der Waals surface area contributed by atoms with E-state index in [0.29, 0.717) is 6.61 Å². The second-order valence-electron chi connectivity index (χ2n) is 6.91. The summed E-state index contributed by atoms with van der Waals surface area (Å²) in [4.78, 5) is 3.54. The summed E-state index contributed by atoms with van der Waals surface area (Å²) in [6, 6.07) is 33.4. The summed E-state index contributed by atoms with van der Waals surface area (Å²) < 4.78 is 8.35. The molecule has 3 heteroatoms. The number of H-pyrrole nitrogens is 1. The average Bonchev–Trinajstić information content (AvgIpc) is 3.11. The van der Waals surface area contributed by atoms with Crippen molar-refractivity contribution in [3.05, 3.63) is 108 Å². The Labute approximate surface area is 163 Å². The smallest absolute Gasteiger partial charge is 0.294 e. The van der Waals surface area contributed by atoms with Gasteiger partial charge in [0, 0.05) is 5.56 Å². The van der Waals surface area contributed by atoms with Crippen molar-refractivity contribution in [3.63, 3.8) is 0 Å². The molecule has 136 valence electrons. The van der Waals surface area contributed by atoms with Crippen molar-refractivity contribution < 1.29 is 9.30 Å². The van der Waals surface area contributed by atoms with Crippen molar-refractivity contribution in [1.82, 2.24) is 4.98 Å². The lowest BCUT2D eigenvalue weighted by molar-refractivity contribution is -0.671. The molecule has 0 aliphatic heterocycles. The third-order valence-electron chi connectivity index (χ3n) is 5.13. The number of para-hydroxylation sites is 3. The lowest BCUT2D eigenvalue weighted by Gasteiger charge is -2.08. The summed E-state index contributed by atoms with van der Waals surface area (Å²) in [6.07, 6.45) is 0. The van der Waals surface area contributed by atoms with Crippen LogP contribution in [0.4, 0.5) is 0 Å². The van der Waals surface area contributed by atoms with E-state index in [-0.39, 0.29) is 0 Å². The van der Waals surface area contributed by atoms with Gasteiger partial charge in [0.1, 0.15) is 12.3 Å². The van der Waals surface area contributed by atoms with E-state index in [1.54, 1.807) is 0 Å². The Hall–Kier alpha value is -3.59. The van der Waals surface area contributed by atoms with Crippen LogP contribution in [0.25, 0.3) is 21.8 Å². The minimum Gasteiger partial charge on any atom is -0.481 e. The van der Waals surface area contributed by atoms with Gasteiger partial charge in [-0.05, 0) is 35.0 Å². The molecule has 0 radical (unpaired) electrons. The van der Waals surface area contributed by atoms with E-state index < -0.39 is 0 Å². The van der Waals surface area contributed by atoms with Crippen LogP contribution in [0.5, 0.6) is 5.75 Å². The van der Waals surface area contributed by atoms with E-state index in [1.165, 1.54) is 21.9 Å². The molecule has 3 nitrogen and oxygen atoms in total. The van der Waals surface area contributed by atoms with Gasteiger partial charge in [0.2, 0.25) is 0 Å². The number of nitrogens with zero attached hydrogens (tertiary/aromatic N) is 1. The molecule has 0 saturated heterocycles. The van der Waals surface area contributed by atoms with Crippen LogP contribution in [0, 0.1) is 0 Å². The van der Waals surface area contributed by atoms with Gasteiger partial charge >= 0.3 is 0 Å². The first-order valence-electron chi connectivity index (χ1n) is 9.52. The number of ether oxygens (including phenoxy) is 1. The monoisotopic (exact) mass is 365 g/mol. The zero-order valence-corrected chi connectivity index (χ0v) is 15.5. The number of aromatic nitrogens is 2. The van der Waals surface area contributed by atoms with Crippen LogP contribution in [0.2, 0.25) is 0 Å². The summed E-state index contributed by atoms with van der Waals surface area (Å²) in [5, 5.41) is 2.56. The number of hydrogen-bond acceptors (Lipinski definition) is 1. The van der Waals surface area contributed by atoms with Crippen molar-refractivity contribution in [1.29, 1.82) is 0 Å². The van der Waals surface area contributed by atoms with Crippen LogP contribution in [-0.4, -0.2) is 4.98 Å². The predicted molar refractivity (Wildman–Crippen MR) is 112 cm³/mol. The van der Waals surface area contributed by atoms with Gasteiger partial charge < -0.3 is 4.74 Å². The Morgan fingerprint density at radius 3 is 2.39 bits per heavy atom. The van der Waals surface area contributed by atoms with Crippen molar-refractivity contribution in [2.45, 2.75) is 13.2 Å². The summed E-state index contributed by atoms with van der Waals surface area (Å²) in [5.74, 6) is 1.93. The third-order valence-corrected chi connectivity index (χ3v) is 5.13. The first-order valence-corrected chi connectivity index (χ1v) is 9.52. The zero-order valence-electron chi connectivity index (χ0n) is 15.5. The molecule has 0 fully saturated rings. The van der Waals surface area contributed by atoms with Crippen molar-refractivity contribution in [3.8, 4) is 5.75 Å². The first-order chi connectivity index (χ1) is 13.9. The van der Waals surface area contributed by atoms with Crippen LogP contribution in [0.1, 0.15) is 11.4 Å². The van der Waals surface area contributed by atoms with Gasteiger partial charge in [-0.15, -0.1) is 0 Å². The Morgan fingerprint density at radius 1 is 0.714 bits per heavy atom. The summed E-state index contributed by atoms with van der Waals surface area (Å²) >= 11 is 0. The van der Waals surface area contributed by atoms with Gasteiger partial charge in [0.25, 0.3) is 5.82 Å². The molecule has 0 amide bonds. The number of rotatable bonds is 5. The topological polar surface area (TPSA) is 28.9 Å². The van der Waals surface area contributed by atoms with Gasteiger partial charge in [0.05, 0.1) is 0 Å². The Morgan fingerprint density at radius 2 is 1.46 bits per heavy atom. The molecule has 5 aromatic rings. The third kappa shape index (κ3) is 3.12. The summed E-state index contributed by atoms with van der Waals surface area (Å²) in [5.41, 5.74) is 3.60. The fourth-order valence-corrected chi connectivity index (χ4v) is 3.75. The first kappa shape index (κ1) is 16.6. The molecule has 0 bridgehead atoms. The van der Waals surface area contributed by atoms with Crippen LogP contribution < -0.4 is 9.30 Å². The number of hydrogen-bond donors (Lipinski definition) is 1. The molecule has 28 heavy (non-hydrogen) atoms. The van der Waals surface area contributed by atoms with E-state index in [9.17, 15) is 0 Å². The molecular weight excluding hydrogens is 344 g/mol. The Bertz CT molecular complexity index is 1240. The van der Waals surface area contributed by atoms with Crippen LogP contribution >= 0.6 is 0 Å². The number of aromatic amines is 1. The molecule has 1 N–H and O–H groups in total. The average molecular weight is 365 g/mol. The SMILES string of the molecule is c1ccc(OCc2[nH]c3ccccc3[n+]2Cc2cccc3ccccc23)cc1. The molecule has 1 aromatic heterocycles. The molecule has 0 unspecified atom stereocenters. The van der Waals surface area contributed by atoms with Crippen LogP contribution in [0.15, 0.2) is 97.1 Å². The van der Waals surface area contributed by atoms with E-state index in [0.717, 1.165) is 23.6 Å². The molecule has 0 aliphatic rings. The second kappa shape index (κ2) is 7.20. The zero-order chi connectivity index (χ0) is 18.8. The second-order valence-corrected chi connectivity index (χ2v) is 6.91. The molecule has 0 spiro atoms. The van der Waals surface area contributed by atoms with Gasteiger partial charge in [0.15, 0.2) is 17.6 Å². The fraction of sp³-hybridized carbons (Fsp3) is 0.0800. The highest BCUT2D eigenvalue weighted by molar-refractivity contribution is 5.85. The van der Waals surface area contributed by atoms with Crippen molar-refractivity contribution >= 4 is 21.8 Å². The molecule has 5 rings (SSSR count). The maximum Gasteiger partial charge on any atom is 0.294 e. The molecule has 1 heterocycles. The summed E-state index contributed by atoms with van der Waals surface area (Å²) in [6.45, 7) is 1.28. The van der Waals surface area contributed by atoms with E-state index in [2.05, 4.69) is 76.3 Å². The lowest BCUT2D eigenvalue weighted by Crippen LogP contribution is -2.38. The normalized spacial score (nSPS) is 11.1. The summed E-state index contributed by atoms with van der Waals surface area (Å²) in [7, 11) is 0. The van der Waals surface area contributed by atoms with E-state index in [1.807, 2.05) is 30.3 Å². The minimum absolute atomic E-state index is 0.490. The highest BCUT2D eigenvalue weighted by Crippen LogP contribution is 2.20. The molecule has 0 atom stereocenters.